The maximum atomic E-state index is 10.6. The van der Waals surface area contributed by atoms with Crippen LogP contribution < -0.4 is 0 Å². The number of carbonyl (C=O) groups is 4. The summed E-state index contributed by atoms with van der Waals surface area (Å²) in [6.07, 6.45) is 68.3. The van der Waals surface area contributed by atoms with Crippen LogP contribution in [0, 0.1) is 26.7 Å². The quantitative estimate of drug-likeness (QED) is 0.0204. The summed E-state index contributed by atoms with van der Waals surface area (Å²) in [7, 11) is 0. The van der Waals surface area contributed by atoms with E-state index in [0.717, 1.165) is 44.9 Å². The third-order valence-corrected chi connectivity index (χ3v) is 14.2. The summed E-state index contributed by atoms with van der Waals surface area (Å²) in [4.78, 5) is 41.8. The van der Waals surface area contributed by atoms with E-state index >= 15 is 0 Å². The van der Waals surface area contributed by atoms with E-state index in [-0.39, 0.29) is 116 Å². The number of hydrogen-bond donors (Lipinski definition) is 4. The van der Waals surface area contributed by atoms with Gasteiger partial charge in [-0.2, -0.15) is 0 Å². The van der Waals surface area contributed by atoms with Gasteiger partial charge in [0.25, 0.3) is 0 Å². The molecule has 494 valence electrons. The molecule has 0 aliphatic carbocycles. The number of unbranched alkanes of at least 4 members (excludes halogenated alkanes) is 44. The number of carboxylic acids is 4. The smallest absolute Gasteiger partial charge is 0.481 e. The van der Waals surface area contributed by atoms with E-state index in [1.54, 1.807) is 19.9 Å². The molecule has 0 heterocycles. The molecular weight excluding hydrogens is 1360 g/mol. The van der Waals surface area contributed by atoms with E-state index in [1.165, 1.54) is 270 Å². The summed E-state index contributed by atoms with van der Waals surface area (Å²) in [5, 5.41) is 34.4. The van der Waals surface area contributed by atoms with Crippen LogP contribution in [0.3, 0.4) is 0 Å². The van der Waals surface area contributed by atoms with Crippen molar-refractivity contribution in [3.8, 4) is 0 Å². The minimum atomic E-state index is -0.739. The molecule has 79 heavy (non-hydrogen) atoms. The summed E-state index contributed by atoms with van der Waals surface area (Å²) in [5.41, 5.74) is 0. The van der Waals surface area contributed by atoms with E-state index in [2.05, 4.69) is 27.7 Å². The molecule has 0 rings (SSSR count). The average Bonchev–Trinajstić information content (AvgIpc) is 3.36. The van der Waals surface area contributed by atoms with E-state index in [1.807, 2.05) is 6.08 Å². The largest absolute Gasteiger partial charge is 1.00 e. The Kier molecular flexibility index (Phi) is 119. The van der Waals surface area contributed by atoms with Gasteiger partial charge in [0.15, 0.2) is 0 Å². The molecule has 0 aliphatic heterocycles. The van der Waals surface area contributed by atoms with E-state index in [4.69, 9.17) is 20.4 Å². The molecule has 2 radical (unpaired) electrons. The van der Waals surface area contributed by atoms with Crippen LogP contribution in [0.1, 0.15) is 369 Å². The van der Waals surface area contributed by atoms with Crippen molar-refractivity contribution in [2.24, 2.45) is 11.8 Å². The molecule has 2 unspecified atom stereocenters. The van der Waals surface area contributed by atoms with Crippen LogP contribution in [0.5, 0.6) is 0 Å². The van der Waals surface area contributed by atoms with Crippen LogP contribution in [0.4, 0.5) is 0 Å². The predicted molar refractivity (Wildman–Crippen MR) is 329 cm³/mol. The monoisotopic (exact) mass is 1490 g/mol. The number of hydrogen-bond acceptors (Lipinski definition) is 4. The normalized spacial score (nSPS) is 10.9. The Morgan fingerprint density at radius 3 is 0.722 bits per heavy atom. The summed E-state index contributed by atoms with van der Waals surface area (Å²) in [6.45, 7) is 12.5. The predicted octanol–water partition coefficient (Wildman–Crippen LogP) is 23.0. The summed E-state index contributed by atoms with van der Waals surface area (Å²) >= 11 is 0. The molecule has 12 heteroatoms. The Balaban J connectivity index is -0.0000000983. The summed E-state index contributed by atoms with van der Waals surface area (Å²) < 4.78 is 0. The first-order valence-electron chi connectivity index (χ1n) is 32.0. The van der Waals surface area contributed by atoms with Gasteiger partial charge in [-0.15, -0.1) is 0 Å². The maximum absolute atomic E-state index is 10.6. The Bertz CT molecular complexity index is 1100. The molecule has 0 fully saturated rings. The zero-order valence-corrected chi connectivity index (χ0v) is 58.9. The topological polar surface area (TPSA) is 149 Å². The van der Waals surface area contributed by atoms with Crippen molar-refractivity contribution in [2.45, 2.75) is 369 Å². The Morgan fingerprint density at radius 1 is 0.316 bits per heavy atom. The summed E-state index contributed by atoms with van der Waals surface area (Å²) in [6, 6.07) is 0. The molecular formula is C67H134Ag4O8. The third kappa shape index (κ3) is 107. The van der Waals surface area contributed by atoms with Crippen LogP contribution in [-0.2, 0) is 109 Å². The van der Waals surface area contributed by atoms with Gasteiger partial charge in [-0.1, -0.05) is 329 Å². The van der Waals surface area contributed by atoms with Gasteiger partial charge in [0.05, 0.1) is 11.8 Å². The molecule has 0 aromatic carbocycles. The molecule has 0 saturated carbocycles. The molecule has 2 atom stereocenters. The maximum Gasteiger partial charge on any atom is 1.00 e. The van der Waals surface area contributed by atoms with Crippen LogP contribution >= 0.6 is 0 Å². The minimum Gasteiger partial charge on any atom is -0.481 e. The fraction of sp³-hybridized carbons (Fsp3) is 0.881. The molecule has 0 aliphatic rings. The minimum absolute atomic E-state index is 0. The first-order valence-corrected chi connectivity index (χ1v) is 32.0. The van der Waals surface area contributed by atoms with E-state index in [0.29, 0.717) is 12.8 Å². The fourth-order valence-corrected chi connectivity index (χ4v) is 8.96. The number of rotatable bonds is 54. The van der Waals surface area contributed by atoms with Gasteiger partial charge in [-0.05, 0) is 39.0 Å². The van der Waals surface area contributed by atoms with Crippen LogP contribution in [0.2, 0.25) is 0 Å². The second-order valence-electron chi connectivity index (χ2n) is 21.9. The second-order valence-corrected chi connectivity index (χ2v) is 21.9. The van der Waals surface area contributed by atoms with Gasteiger partial charge >= 0.3 is 68.6 Å². The molecule has 0 amide bonds. The Hall–Kier alpha value is 0.581. The molecule has 0 aromatic rings. The number of allylic oxidation sites excluding steroid dienone is 1. The van der Waals surface area contributed by atoms with Gasteiger partial charge in [0.2, 0.25) is 0 Å². The molecule has 4 N–H and O–H groups in total. The Morgan fingerprint density at radius 2 is 0.519 bits per heavy atom. The van der Waals surface area contributed by atoms with Crippen LogP contribution in [-0.4, -0.2) is 44.3 Å². The van der Waals surface area contributed by atoms with Gasteiger partial charge in [-0.25, -0.2) is 0 Å². The number of carboxylic acid groups (broad SMARTS) is 4. The molecule has 0 bridgehead atoms. The van der Waals surface area contributed by atoms with Crippen molar-refractivity contribution in [1.82, 2.24) is 0 Å². The van der Waals surface area contributed by atoms with Crippen molar-refractivity contribution >= 4 is 23.9 Å². The first kappa shape index (κ1) is 101. The SMILES string of the molecule is CCCCCCCCCC/C=C\C(C)C(=O)O.CCCCCCCCCCCC(C)C(=O)O.CCCCCCCCCCCCCCCCCC(=O)O.CCCCCCCCCCCCCCCCCC(=O)O.[Ag+].[Ag+].[Ag].[Ag].[CH3-].[CH3-]. The van der Waals surface area contributed by atoms with Crippen molar-refractivity contribution in [3.05, 3.63) is 27.0 Å². The number of aliphatic carboxylic acids is 4. The van der Waals surface area contributed by atoms with Crippen LogP contribution in [0.15, 0.2) is 12.2 Å². The summed E-state index contributed by atoms with van der Waals surface area (Å²) in [5.74, 6) is -3.20. The van der Waals surface area contributed by atoms with Gasteiger partial charge in [-0.3, -0.25) is 19.2 Å². The van der Waals surface area contributed by atoms with Crippen LogP contribution in [0.25, 0.3) is 0 Å². The molecule has 0 saturated heterocycles. The first-order chi connectivity index (χ1) is 35.4. The third-order valence-electron chi connectivity index (χ3n) is 14.2. The van der Waals surface area contributed by atoms with Gasteiger partial charge in [0.1, 0.15) is 0 Å². The van der Waals surface area contributed by atoms with Crippen molar-refractivity contribution in [3.63, 3.8) is 0 Å². The van der Waals surface area contributed by atoms with E-state index in [9.17, 15) is 19.2 Å². The van der Waals surface area contributed by atoms with E-state index < -0.39 is 23.9 Å². The van der Waals surface area contributed by atoms with Crippen molar-refractivity contribution in [1.29, 1.82) is 0 Å². The standard InChI is InChI=1S/2C18H36O2.C15H28O2.C14H28O2.2CH3.4Ag/c2*1-2-3-4-5-6-7-8-9-10-11-12-13-14-15-16-17-18(19)20;1-3-4-5-6-7-8-9-10-11-12-13-14(2)15(16)17;1-3-4-5-6-7-8-9-10-11-12-13(2)14(15)16;;;;;;/h2*2-17H2,1H3,(H,19,20);12-14H,3-11H2,1-2H3,(H,16,17);13H,3-12H2,1-2H3,(H,15,16);2*1H3;;;;/q;;;;2*-1;;;2*+1/b;;13-12-;;;;;;;. The molecule has 0 aromatic heterocycles. The second kappa shape index (κ2) is 92.3. The fourth-order valence-electron chi connectivity index (χ4n) is 8.96. The van der Waals surface area contributed by atoms with Crippen molar-refractivity contribution in [2.75, 3.05) is 0 Å². The molecule has 0 spiro atoms. The van der Waals surface area contributed by atoms with Gasteiger partial charge in [0, 0.05) is 57.6 Å². The molecule has 8 nitrogen and oxygen atoms in total. The zero-order chi connectivity index (χ0) is 54.9. The average molecular weight is 1500 g/mol. The Labute approximate surface area is 556 Å². The zero-order valence-electron chi connectivity index (χ0n) is 53.0. The van der Waals surface area contributed by atoms with Crippen molar-refractivity contribution < 1.29 is 129 Å². The van der Waals surface area contributed by atoms with Gasteiger partial charge < -0.3 is 35.3 Å².